The third-order valence-electron chi connectivity index (χ3n) is 3.29. The van der Waals surface area contributed by atoms with Gasteiger partial charge in [0.25, 0.3) is 0 Å². The van der Waals surface area contributed by atoms with Crippen LogP contribution in [-0.2, 0) is 20.7 Å². The molecule has 0 saturated heterocycles. The van der Waals surface area contributed by atoms with Gasteiger partial charge in [0.2, 0.25) is 5.90 Å². The topological polar surface area (TPSA) is 77.0 Å². The predicted octanol–water partition coefficient (Wildman–Crippen LogP) is 2.76. The normalized spacial score (nSPS) is 14.5. The molecule has 0 unspecified atom stereocenters. The highest BCUT2D eigenvalue weighted by Crippen LogP contribution is 2.18. The molecule has 6 nitrogen and oxygen atoms in total. The Kier molecular flexibility index (Phi) is 5.89. The summed E-state index contributed by atoms with van der Waals surface area (Å²) < 4.78 is 10.2. The van der Waals surface area contributed by atoms with E-state index in [0.29, 0.717) is 6.42 Å². The monoisotopic (exact) mass is 328 g/mol. The van der Waals surface area contributed by atoms with Gasteiger partial charge in [0, 0.05) is 6.42 Å². The smallest absolute Gasteiger partial charge is 0.408 e. The number of carbonyl (C=O) groups excluding carboxylic acids is 2. The zero-order valence-electron chi connectivity index (χ0n) is 13.7. The number of rotatable bonds is 6. The van der Waals surface area contributed by atoms with Gasteiger partial charge in [-0.05, 0) is 25.0 Å². The minimum absolute atomic E-state index is 0.0926. The SMILES string of the molecule is C=CCOC(=O)N[C@@H](Cc1ccccc1)C1=NC(=C(C)C)C(=O)O1. The Hall–Kier alpha value is -2.89. The number of ether oxygens (including phenoxy) is 2. The van der Waals surface area contributed by atoms with Crippen LogP contribution in [0.1, 0.15) is 19.4 Å². The lowest BCUT2D eigenvalue weighted by atomic mass is 10.1. The Morgan fingerprint density at radius 2 is 2.08 bits per heavy atom. The second kappa shape index (κ2) is 8.10. The highest BCUT2D eigenvalue weighted by molar-refractivity contribution is 6.07. The first-order valence-corrected chi connectivity index (χ1v) is 7.57. The summed E-state index contributed by atoms with van der Waals surface area (Å²) in [5, 5.41) is 2.68. The van der Waals surface area contributed by atoms with Crippen molar-refractivity contribution < 1.29 is 19.1 Å². The number of hydrogen-bond donors (Lipinski definition) is 1. The number of aliphatic imine (C=N–C) groups is 1. The van der Waals surface area contributed by atoms with E-state index in [9.17, 15) is 9.59 Å². The van der Waals surface area contributed by atoms with E-state index in [-0.39, 0.29) is 18.2 Å². The molecule has 0 aromatic heterocycles. The Morgan fingerprint density at radius 1 is 1.38 bits per heavy atom. The van der Waals surface area contributed by atoms with E-state index >= 15 is 0 Å². The molecule has 0 aliphatic carbocycles. The minimum Gasteiger partial charge on any atom is -0.445 e. The molecule has 1 amide bonds. The molecule has 1 aromatic rings. The average Bonchev–Trinajstić information content (AvgIpc) is 2.95. The van der Waals surface area contributed by atoms with E-state index in [1.807, 2.05) is 30.3 Å². The van der Waals surface area contributed by atoms with E-state index in [2.05, 4.69) is 16.9 Å². The van der Waals surface area contributed by atoms with Crippen LogP contribution in [0.25, 0.3) is 0 Å². The summed E-state index contributed by atoms with van der Waals surface area (Å²) in [4.78, 5) is 28.0. The van der Waals surface area contributed by atoms with Crippen LogP contribution in [-0.4, -0.2) is 30.6 Å². The quantitative estimate of drug-likeness (QED) is 0.495. The van der Waals surface area contributed by atoms with Gasteiger partial charge >= 0.3 is 12.1 Å². The summed E-state index contributed by atoms with van der Waals surface area (Å²) in [6.45, 7) is 7.14. The zero-order chi connectivity index (χ0) is 17.5. The van der Waals surface area contributed by atoms with Gasteiger partial charge in [-0.25, -0.2) is 14.6 Å². The van der Waals surface area contributed by atoms with Crippen molar-refractivity contribution in [2.45, 2.75) is 26.3 Å². The molecule has 126 valence electrons. The van der Waals surface area contributed by atoms with Crippen molar-refractivity contribution in [2.24, 2.45) is 4.99 Å². The van der Waals surface area contributed by atoms with Crippen molar-refractivity contribution in [3.63, 3.8) is 0 Å². The van der Waals surface area contributed by atoms with Crippen LogP contribution >= 0.6 is 0 Å². The number of nitrogens with zero attached hydrogens (tertiary/aromatic N) is 1. The van der Waals surface area contributed by atoms with Crippen molar-refractivity contribution in [3.8, 4) is 0 Å². The van der Waals surface area contributed by atoms with Gasteiger partial charge in [0.1, 0.15) is 12.6 Å². The molecule has 0 spiro atoms. The summed E-state index contributed by atoms with van der Waals surface area (Å²) in [6, 6.07) is 8.93. The summed E-state index contributed by atoms with van der Waals surface area (Å²) >= 11 is 0. The van der Waals surface area contributed by atoms with E-state index in [1.165, 1.54) is 6.08 Å². The first-order valence-electron chi connectivity index (χ1n) is 7.57. The maximum Gasteiger partial charge on any atom is 0.408 e. The maximum atomic E-state index is 11.9. The van der Waals surface area contributed by atoms with Crippen molar-refractivity contribution in [3.05, 3.63) is 59.8 Å². The second-order valence-electron chi connectivity index (χ2n) is 5.46. The molecule has 6 heteroatoms. The number of nitrogens with one attached hydrogen (secondary N) is 1. The lowest BCUT2D eigenvalue weighted by Crippen LogP contribution is -2.43. The summed E-state index contributed by atoms with van der Waals surface area (Å²) in [6.07, 6.45) is 1.27. The maximum absolute atomic E-state index is 11.9. The van der Waals surface area contributed by atoms with Crippen LogP contribution in [0.15, 0.2) is 59.2 Å². The lowest BCUT2D eigenvalue weighted by molar-refractivity contribution is -0.130. The number of cyclic esters (lactones) is 1. The number of esters is 1. The highest BCUT2D eigenvalue weighted by Gasteiger charge is 2.31. The van der Waals surface area contributed by atoms with Crippen LogP contribution in [0.4, 0.5) is 4.79 Å². The minimum atomic E-state index is -0.625. The highest BCUT2D eigenvalue weighted by atomic mass is 16.6. The van der Waals surface area contributed by atoms with Crippen molar-refractivity contribution >= 4 is 18.0 Å². The van der Waals surface area contributed by atoms with Gasteiger partial charge in [0.05, 0.1) is 0 Å². The molecule has 0 radical (unpaired) electrons. The van der Waals surface area contributed by atoms with Crippen LogP contribution in [0, 0.1) is 0 Å². The molecular weight excluding hydrogens is 308 g/mol. The standard InChI is InChI=1S/C18H20N2O4/c1-4-10-23-18(22)19-14(11-13-8-6-5-7-9-13)16-20-15(12(2)3)17(21)24-16/h4-9,14H,1,10-11H2,2-3H3,(H,19,22)/t14-/m0/s1. The second-order valence-corrected chi connectivity index (χ2v) is 5.46. The number of benzene rings is 1. The van der Waals surface area contributed by atoms with E-state index in [0.717, 1.165) is 11.1 Å². The first-order chi connectivity index (χ1) is 11.5. The number of alkyl carbamates (subject to hydrolysis) is 1. The fourth-order valence-corrected chi connectivity index (χ4v) is 2.16. The van der Waals surface area contributed by atoms with Gasteiger partial charge in [-0.15, -0.1) is 0 Å². The van der Waals surface area contributed by atoms with Gasteiger partial charge in [-0.2, -0.15) is 0 Å². The predicted molar refractivity (Wildman–Crippen MR) is 90.5 cm³/mol. The molecule has 1 N–H and O–H groups in total. The Labute approximate surface area is 140 Å². The number of amides is 1. The zero-order valence-corrected chi connectivity index (χ0v) is 13.7. The Bertz CT molecular complexity index is 688. The number of carbonyl (C=O) groups is 2. The summed E-state index contributed by atoms with van der Waals surface area (Å²) in [5.74, 6) is -0.347. The average molecular weight is 328 g/mol. The van der Waals surface area contributed by atoms with Gasteiger partial charge in [-0.3, -0.25) is 0 Å². The number of hydrogen-bond acceptors (Lipinski definition) is 5. The molecule has 2 rings (SSSR count). The van der Waals surface area contributed by atoms with Gasteiger partial charge in [-0.1, -0.05) is 43.0 Å². The van der Waals surface area contributed by atoms with Crippen LogP contribution < -0.4 is 5.32 Å². The molecule has 1 atom stereocenters. The molecule has 0 saturated carbocycles. The van der Waals surface area contributed by atoms with Crippen molar-refractivity contribution in [1.29, 1.82) is 0 Å². The van der Waals surface area contributed by atoms with E-state index in [1.54, 1.807) is 13.8 Å². The van der Waals surface area contributed by atoms with Crippen LogP contribution in [0.3, 0.4) is 0 Å². The molecule has 0 bridgehead atoms. The Balaban J connectivity index is 2.21. The van der Waals surface area contributed by atoms with Gasteiger partial charge < -0.3 is 14.8 Å². The molecular formula is C18H20N2O4. The first kappa shape index (κ1) is 17.5. The van der Waals surface area contributed by atoms with Crippen LogP contribution in [0.2, 0.25) is 0 Å². The largest absolute Gasteiger partial charge is 0.445 e. The third kappa shape index (κ3) is 4.55. The lowest BCUT2D eigenvalue weighted by Gasteiger charge is -2.17. The van der Waals surface area contributed by atoms with Crippen molar-refractivity contribution in [2.75, 3.05) is 6.61 Å². The molecule has 1 aliphatic heterocycles. The summed E-state index contributed by atoms with van der Waals surface area (Å²) in [7, 11) is 0. The van der Waals surface area contributed by atoms with E-state index in [4.69, 9.17) is 9.47 Å². The molecule has 1 aromatic carbocycles. The fraction of sp³-hybridized carbons (Fsp3) is 0.278. The molecule has 1 heterocycles. The molecule has 24 heavy (non-hydrogen) atoms. The van der Waals surface area contributed by atoms with Crippen molar-refractivity contribution in [1.82, 2.24) is 5.32 Å². The Morgan fingerprint density at radius 3 is 2.67 bits per heavy atom. The fourth-order valence-electron chi connectivity index (χ4n) is 2.16. The molecule has 1 aliphatic rings. The van der Waals surface area contributed by atoms with Crippen LogP contribution in [0.5, 0.6) is 0 Å². The molecule has 0 fully saturated rings. The summed E-state index contributed by atoms with van der Waals surface area (Å²) in [5.41, 5.74) is 1.99. The number of allylic oxidation sites excluding steroid dienone is 1. The van der Waals surface area contributed by atoms with E-state index < -0.39 is 18.1 Å². The third-order valence-corrected chi connectivity index (χ3v) is 3.29. The van der Waals surface area contributed by atoms with Gasteiger partial charge in [0.15, 0.2) is 5.70 Å².